The smallest absolute Gasteiger partial charge is 0.258 e. The summed E-state index contributed by atoms with van der Waals surface area (Å²) in [6.45, 7) is 0.335. The molecule has 0 amide bonds. The van der Waals surface area contributed by atoms with E-state index in [0.29, 0.717) is 12.5 Å². The molecule has 1 atom stereocenters. The van der Waals surface area contributed by atoms with E-state index in [0.717, 1.165) is 12.8 Å². The number of nitrogens with two attached hydrogens (primary N) is 1. The second-order valence-electron chi connectivity index (χ2n) is 4.09. The molecule has 0 aliphatic heterocycles. The summed E-state index contributed by atoms with van der Waals surface area (Å²) in [5.74, 6) is 0.396. The lowest BCUT2D eigenvalue weighted by molar-refractivity contribution is 0.510. The van der Waals surface area contributed by atoms with Crippen LogP contribution in [0.4, 0.5) is 0 Å². The Balaban J connectivity index is 0.00000144. The molecule has 0 aromatic carbocycles. The van der Waals surface area contributed by atoms with Crippen molar-refractivity contribution in [2.75, 3.05) is 6.54 Å². The van der Waals surface area contributed by atoms with Crippen molar-refractivity contribution < 1.29 is 8.42 Å². The van der Waals surface area contributed by atoms with Crippen molar-refractivity contribution in [2.45, 2.75) is 23.9 Å². The second-order valence-corrected chi connectivity index (χ2v) is 5.75. The van der Waals surface area contributed by atoms with Gasteiger partial charge in [0, 0.05) is 19.6 Å². The van der Waals surface area contributed by atoms with Crippen molar-refractivity contribution in [1.82, 2.24) is 14.5 Å². The average Bonchev–Trinajstić information content (AvgIpc) is 2.97. The van der Waals surface area contributed by atoms with E-state index in [9.17, 15) is 8.42 Å². The molecule has 1 saturated carbocycles. The van der Waals surface area contributed by atoms with Crippen LogP contribution >= 0.6 is 12.4 Å². The molecule has 2 rings (SSSR count). The summed E-state index contributed by atoms with van der Waals surface area (Å²) in [6.07, 6.45) is 3.56. The van der Waals surface area contributed by atoms with E-state index in [1.165, 1.54) is 16.9 Å². The summed E-state index contributed by atoms with van der Waals surface area (Å²) < 4.78 is 27.9. The van der Waals surface area contributed by atoms with Crippen LogP contribution in [0.2, 0.25) is 0 Å². The normalized spacial score (nSPS) is 17.5. The van der Waals surface area contributed by atoms with Crippen molar-refractivity contribution in [1.29, 1.82) is 0 Å². The van der Waals surface area contributed by atoms with E-state index in [2.05, 4.69) is 9.82 Å². The summed E-state index contributed by atoms with van der Waals surface area (Å²) >= 11 is 0. The summed E-state index contributed by atoms with van der Waals surface area (Å²) in [7, 11) is -1.89. The Bertz CT molecular complexity index is 469. The zero-order valence-corrected chi connectivity index (χ0v) is 11.2. The van der Waals surface area contributed by atoms with Crippen LogP contribution in [0.25, 0.3) is 0 Å². The van der Waals surface area contributed by atoms with Gasteiger partial charge in [-0.2, -0.15) is 5.10 Å². The van der Waals surface area contributed by atoms with E-state index in [-0.39, 0.29) is 23.5 Å². The monoisotopic (exact) mass is 280 g/mol. The summed E-state index contributed by atoms with van der Waals surface area (Å²) in [4.78, 5) is 0. The third-order valence-corrected chi connectivity index (χ3v) is 4.37. The first-order valence-corrected chi connectivity index (χ1v) is 6.73. The Labute approximate surface area is 107 Å². The number of nitrogens with one attached hydrogen (secondary N) is 1. The highest BCUT2D eigenvalue weighted by Crippen LogP contribution is 2.32. The maximum absolute atomic E-state index is 12.0. The lowest BCUT2D eigenvalue weighted by Gasteiger charge is -2.15. The number of aryl methyl sites for hydroxylation is 1. The minimum Gasteiger partial charge on any atom is -0.329 e. The zero-order chi connectivity index (χ0) is 11.8. The first-order valence-electron chi connectivity index (χ1n) is 5.25. The van der Waals surface area contributed by atoms with Crippen LogP contribution in [0, 0.1) is 5.92 Å². The van der Waals surface area contributed by atoms with E-state index in [1.54, 1.807) is 7.05 Å². The third-order valence-electron chi connectivity index (χ3n) is 2.80. The lowest BCUT2D eigenvalue weighted by Crippen LogP contribution is -2.42. The van der Waals surface area contributed by atoms with Gasteiger partial charge in [-0.25, -0.2) is 13.1 Å². The molecule has 1 fully saturated rings. The molecular formula is C9H17ClN4O2S. The Kier molecular flexibility index (Phi) is 4.54. The highest BCUT2D eigenvalue weighted by atomic mass is 35.5. The van der Waals surface area contributed by atoms with Crippen molar-refractivity contribution >= 4 is 22.4 Å². The molecule has 0 radical (unpaired) electrons. The molecular weight excluding hydrogens is 264 g/mol. The molecule has 1 heterocycles. The van der Waals surface area contributed by atoms with Gasteiger partial charge in [0.15, 0.2) is 5.03 Å². The molecule has 0 saturated heterocycles. The van der Waals surface area contributed by atoms with Crippen LogP contribution in [-0.4, -0.2) is 30.8 Å². The fraction of sp³-hybridized carbons (Fsp3) is 0.667. The fourth-order valence-electron chi connectivity index (χ4n) is 1.72. The quantitative estimate of drug-likeness (QED) is 0.785. The average molecular weight is 281 g/mol. The molecule has 1 aliphatic rings. The maximum atomic E-state index is 12.0. The molecule has 17 heavy (non-hydrogen) atoms. The highest BCUT2D eigenvalue weighted by molar-refractivity contribution is 7.89. The summed E-state index contributed by atoms with van der Waals surface area (Å²) in [5, 5.41) is 4.02. The molecule has 3 N–H and O–H groups in total. The first-order chi connectivity index (χ1) is 7.54. The van der Waals surface area contributed by atoms with Crippen LogP contribution in [0.3, 0.4) is 0 Å². The van der Waals surface area contributed by atoms with Gasteiger partial charge in [0.05, 0.1) is 6.20 Å². The third kappa shape index (κ3) is 3.19. The standard InChI is InChI=1S/C9H16N4O2S.ClH/c1-13-9(4-5-11-13)16(14,15)12-8(6-10)7-2-3-7;/h4-5,7-8,12H,2-3,6,10H2,1H3;1H. The van der Waals surface area contributed by atoms with E-state index in [1.807, 2.05) is 0 Å². The number of hydrogen-bond donors (Lipinski definition) is 2. The molecule has 1 aliphatic carbocycles. The van der Waals surface area contributed by atoms with Gasteiger partial charge in [-0.3, -0.25) is 4.68 Å². The zero-order valence-electron chi connectivity index (χ0n) is 9.54. The predicted octanol–water partition coefficient (Wildman–Crippen LogP) is -0.143. The van der Waals surface area contributed by atoms with Crippen LogP contribution in [0.5, 0.6) is 0 Å². The van der Waals surface area contributed by atoms with Gasteiger partial charge in [0.1, 0.15) is 0 Å². The van der Waals surface area contributed by atoms with Crippen LogP contribution < -0.4 is 10.5 Å². The van der Waals surface area contributed by atoms with Crippen LogP contribution in [0.15, 0.2) is 17.3 Å². The molecule has 0 spiro atoms. The highest BCUT2D eigenvalue weighted by Gasteiger charge is 2.34. The van der Waals surface area contributed by atoms with Gasteiger partial charge in [0.2, 0.25) is 0 Å². The Hall–Kier alpha value is -0.630. The molecule has 0 bridgehead atoms. The topological polar surface area (TPSA) is 90.0 Å². The van der Waals surface area contributed by atoms with Crippen LogP contribution in [0.1, 0.15) is 12.8 Å². The Morgan fingerprint density at radius 1 is 1.65 bits per heavy atom. The van der Waals surface area contributed by atoms with Crippen molar-refractivity contribution in [2.24, 2.45) is 18.7 Å². The van der Waals surface area contributed by atoms with Crippen molar-refractivity contribution in [3.05, 3.63) is 12.3 Å². The van der Waals surface area contributed by atoms with Crippen molar-refractivity contribution in [3.63, 3.8) is 0 Å². The van der Waals surface area contributed by atoms with Gasteiger partial charge in [0.25, 0.3) is 10.0 Å². The maximum Gasteiger partial charge on any atom is 0.258 e. The number of aromatic nitrogens is 2. The van der Waals surface area contributed by atoms with Gasteiger partial charge in [-0.1, -0.05) is 0 Å². The van der Waals surface area contributed by atoms with Gasteiger partial charge in [-0.05, 0) is 24.8 Å². The minimum absolute atomic E-state index is 0. The number of halogens is 1. The van der Waals surface area contributed by atoms with Gasteiger partial charge < -0.3 is 5.73 Å². The van der Waals surface area contributed by atoms with E-state index >= 15 is 0 Å². The van der Waals surface area contributed by atoms with E-state index in [4.69, 9.17) is 5.73 Å². The summed E-state index contributed by atoms with van der Waals surface area (Å²) in [5.41, 5.74) is 5.56. The molecule has 1 unspecified atom stereocenters. The minimum atomic E-state index is -3.49. The fourth-order valence-corrected chi connectivity index (χ4v) is 3.16. The first kappa shape index (κ1) is 14.4. The van der Waals surface area contributed by atoms with Gasteiger partial charge in [-0.15, -0.1) is 12.4 Å². The number of rotatable bonds is 5. The lowest BCUT2D eigenvalue weighted by atomic mass is 10.2. The largest absolute Gasteiger partial charge is 0.329 e. The van der Waals surface area contributed by atoms with Gasteiger partial charge >= 0.3 is 0 Å². The molecule has 98 valence electrons. The Morgan fingerprint density at radius 3 is 2.71 bits per heavy atom. The molecule has 1 aromatic heterocycles. The predicted molar refractivity (Wildman–Crippen MR) is 66.3 cm³/mol. The molecule has 1 aromatic rings. The SMILES string of the molecule is Cl.Cn1nccc1S(=O)(=O)NC(CN)C1CC1. The number of hydrogen-bond acceptors (Lipinski definition) is 4. The van der Waals surface area contributed by atoms with Crippen molar-refractivity contribution in [3.8, 4) is 0 Å². The number of nitrogens with zero attached hydrogens (tertiary/aromatic N) is 2. The number of sulfonamides is 1. The van der Waals surface area contributed by atoms with E-state index < -0.39 is 10.0 Å². The molecule has 6 nitrogen and oxygen atoms in total. The molecule has 8 heteroatoms. The van der Waals surface area contributed by atoms with Crippen LogP contribution in [-0.2, 0) is 17.1 Å². The Morgan fingerprint density at radius 2 is 2.29 bits per heavy atom. The second kappa shape index (κ2) is 5.34. The summed E-state index contributed by atoms with van der Waals surface area (Å²) in [6, 6.07) is 1.32.